The van der Waals surface area contributed by atoms with Crippen molar-refractivity contribution in [3.63, 3.8) is 0 Å². The minimum atomic E-state index is 0.352. The lowest BCUT2D eigenvalue weighted by atomic mass is 9.92. The normalized spacial score (nSPS) is 11.2. The van der Waals surface area contributed by atoms with E-state index >= 15 is 0 Å². The Hall–Kier alpha value is -1.67. The largest absolute Gasteiger partial charge is 0.457 e. The van der Waals surface area contributed by atoms with E-state index in [1.54, 1.807) is 0 Å². The van der Waals surface area contributed by atoms with Gasteiger partial charge in [-0.15, -0.1) is 0 Å². The molecule has 3 heteroatoms. The molecule has 0 atom stereocenters. The zero-order valence-electron chi connectivity index (χ0n) is 13.0. The summed E-state index contributed by atoms with van der Waals surface area (Å²) in [5.74, 6) is 2.24. The number of halogens is 1. The van der Waals surface area contributed by atoms with Crippen LogP contribution in [0, 0.1) is 0 Å². The van der Waals surface area contributed by atoms with Crippen LogP contribution in [0.15, 0.2) is 36.4 Å². The Morgan fingerprint density at radius 1 is 0.905 bits per heavy atom. The Labute approximate surface area is 131 Å². The fourth-order valence-electron chi connectivity index (χ4n) is 2.35. The molecule has 0 amide bonds. The highest BCUT2D eigenvalue weighted by Gasteiger charge is 2.14. The molecule has 0 aromatic heterocycles. The number of rotatable bonds is 4. The van der Waals surface area contributed by atoms with E-state index in [2.05, 4.69) is 27.7 Å². The lowest BCUT2D eigenvalue weighted by Gasteiger charge is -2.19. The molecule has 0 spiro atoms. The quantitative estimate of drug-likeness (QED) is 0.707. The Morgan fingerprint density at radius 3 is 1.95 bits per heavy atom. The average Bonchev–Trinajstić information content (AvgIpc) is 2.40. The van der Waals surface area contributed by atoms with E-state index in [1.807, 2.05) is 36.4 Å². The Balaban J connectivity index is 2.44. The Morgan fingerprint density at radius 2 is 1.48 bits per heavy atom. The van der Waals surface area contributed by atoms with Crippen molar-refractivity contribution in [3.05, 3.63) is 52.5 Å². The van der Waals surface area contributed by atoms with Gasteiger partial charge in [0.2, 0.25) is 0 Å². The minimum Gasteiger partial charge on any atom is -0.457 e. The van der Waals surface area contributed by atoms with Crippen molar-refractivity contribution in [2.45, 2.75) is 39.5 Å². The summed E-state index contributed by atoms with van der Waals surface area (Å²) in [6, 6.07) is 11.5. The number of hydrogen-bond donors (Lipinski definition) is 1. The molecule has 0 aliphatic rings. The molecule has 2 rings (SSSR count). The zero-order chi connectivity index (χ0) is 15.6. The zero-order valence-corrected chi connectivity index (χ0v) is 13.7. The topological polar surface area (TPSA) is 35.2 Å². The van der Waals surface area contributed by atoms with E-state index in [4.69, 9.17) is 22.1 Å². The van der Waals surface area contributed by atoms with Gasteiger partial charge in [0, 0.05) is 10.7 Å². The van der Waals surface area contributed by atoms with E-state index in [-0.39, 0.29) is 0 Å². The van der Waals surface area contributed by atoms with Crippen LogP contribution in [0.2, 0.25) is 5.02 Å². The summed E-state index contributed by atoms with van der Waals surface area (Å²) in [7, 11) is 0. The SMILES string of the molecule is CC(C)c1cc(Oc2cccc(Cl)c2)cc(C(C)C)c1N. The van der Waals surface area contributed by atoms with Crippen molar-refractivity contribution < 1.29 is 4.74 Å². The second-order valence-corrected chi connectivity index (χ2v) is 6.32. The predicted molar refractivity (Wildman–Crippen MR) is 90.6 cm³/mol. The van der Waals surface area contributed by atoms with Crippen LogP contribution in [-0.4, -0.2) is 0 Å². The van der Waals surface area contributed by atoms with Gasteiger partial charge in [-0.3, -0.25) is 0 Å². The molecule has 2 aromatic rings. The van der Waals surface area contributed by atoms with Crippen LogP contribution in [0.3, 0.4) is 0 Å². The highest BCUT2D eigenvalue weighted by Crippen LogP contribution is 2.36. The number of anilines is 1. The van der Waals surface area contributed by atoms with Crippen molar-refractivity contribution in [1.29, 1.82) is 0 Å². The maximum atomic E-state index is 6.29. The number of hydrogen-bond acceptors (Lipinski definition) is 2. The fourth-order valence-corrected chi connectivity index (χ4v) is 2.53. The smallest absolute Gasteiger partial charge is 0.128 e. The van der Waals surface area contributed by atoms with E-state index in [0.717, 1.165) is 28.3 Å². The second kappa shape index (κ2) is 6.40. The molecule has 0 saturated heterocycles. The third-order valence-corrected chi connectivity index (χ3v) is 3.73. The summed E-state index contributed by atoms with van der Waals surface area (Å²) in [6.07, 6.45) is 0. The molecule has 0 radical (unpaired) electrons. The molecular formula is C18H22ClNO. The molecule has 2 N–H and O–H groups in total. The molecule has 112 valence electrons. The van der Waals surface area contributed by atoms with Crippen molar-refractivity contribution in [3.8, 4) is 11.5 Å². The van der Waals surface area contributed by atoms with Gasteiger partial charge in [-0.25, -0.2) is 0 Å². The summed E-state index contributed by atoms with van der Waals surface area (Å²) in [6.45, 7) is 8.55. The molecule has 2 aromatic carbocycles. The lowest BCUT2D eigenvalue weighted by molar-refractivity contribution is 0.480. The maximum Gasteiger partial charge on any atom is 0.128 e. The first-order valence-electron chi connectivity index (χ1n) is 7.25. The molecule has 0 unspecified atom stereocenters. The van der Waals surface area contributed by atoms with E-state index in [1.165, 1.54) is 0 Å². The molecule has 0 heterocycles. The van der Waals surface area contributed by atoms with Gasteiger partial charge in [-0.1, -0.05) is 45.4 Å². The van der Waals surface area contributed by atoms with Gasteiger partial charge in [0.05, 0.1) is 0 Å². The van der Waals surface area contributed by atoms with Crippen molar-refractivity contribution in [2.75, 3.05) is 5.73 Å². The lowest BCUT2D eigenvalue weighted by Crippen LogP contribution is -2.04. The third kappa shape index (κ3) is 3.70. The minimum absolute atomic E-state index is 0.352. The van der Waals surface area contributed by atoms with Gasteiger partial charge in [-0.05, 0) is 53.3 Å². The standard InChI is InChI=1S/C18H22ClNO/c1-11(2)16-9-15(10-17(12(3)4)18(16)20)21-14-7-5-6-13(19)8-14/h5-12H,20H2,1-4H3. The first-order chi connectivity index (χ1) is 9.88. The predicted octanol–water partition coefficient (Wildman–Crippen LogP) is 5.96. The summed E-state index contributed by atoms with van der Waals surface area (Å²) in [5, 5.41) is 0.663. The summed E-state index contributed by atoms with van der Waals surface area (Å²) >= 11 is 6.00. The van der Waals surface area contributed by atoms with Crippen LogP contribution >= 0.6 is 11.6 Å². The molecule has 0 fully saturated rings. The molecule has 0 saturated carbocycles. The molecule has 21 heavy (non-hydrogen) atoms. The maximum absolute atomic E-state index is 6.29. The van der Waals surface area contributed by atoms with Crippen LogP contribution in [0.4, 0.5) is 5.69 Å². The number of benzene rings is 2. The van der Waals surface area contributed by atoms with Gasteiger partial charge in [0.1, 0.15) is 11.5 Å². The number of nitrogen functional groups attached to an aromatic ring is 1. The van der Waals surface area contributed by atoms with E-state index < -0.39 is 0 Å². The molecule has 0 aliphatic carbocycles. The molecule has 0 aliphatic heterocycles. The van der Waals surface area contributed by atoms with Crippen molar-refractivity contribution in [2.24, 2.45) is 0 Å². The fraction of sp³-hybridized carbons (Fsp3) is 0.333. The van der Waals surface area contributed by atoms with Gasteiger partial charge in [0.25, 0.3) is 0 Å². The van der Waals surface area contributed by atoms with Gasteiger partial charge in [-0.2, -0.15) is 0 Å². The number of nitrogens with two attached hydrogens (primary N) is 1. The van der Waals surface area contributed by atoms with Crippen LogP contribution in [0.5, 0.6) is 11.5 Å². The molecule has 2 nitrogen and oxygen atoms in total. The van der Waals surface area contributed by atoms with Gasteiger partial charge in [0.15, 0.2) is 0 Å². The first kappa shape index (κ1) is 15.7. The van der Waals surface area contributed by atoms with Crippen molar-refractivity contribution in [1.82, 2.24) is 0 Å². The summed E-state index contributed by atoms with van der Waals surface area (Å²) in [4.78, 5) is 0. The first-order valence-corrected chi connectivity index (χ1v) is 7.63. The molecule has 0 bridgehead atoms. The summed E-state index contributed by atoms with van der Waals surface area (Å²) < 4.78 is 5.96. The summed E-state index contributed by atoms with van der Waals surface area (Å²) in [5.41, 5.74) is 9.42. The second-order valence-electron chi connectivity index (χ2n) is 5.88. The third-order valence-electron chi connectivity index (χ3n) is 3.49. The number of ether oxygens (including phenoxy) is 1. The van der Waals surface area contributed by atoms with E-state index in [9.17, 15) is 0 Å². The Kier molecular flexibility index (Phi) is 4.79. The monoisotopic (exact) mass is 303 g/mol. The molecular weight excluding hydrogens is 282 g/mol. The van der Waals surface area contributed by atoms with Crippen LogP contribution in [0.25, 0.3) is 0 Å². The van der Waals surface area contributed by atoms with Crippen molar-refractivity contribution >= 4 is 17.3 Å². The highest BCUT2D eigenvalue weighted by molar-refractivity contribution is 6.30. The average molecular weight is 304 g/mol. The van der Waals surface area contributed by atoms with Crippen LogP contribution in [-0.2, 0) is 0 Å². The Bertz CT molecular complexity index is 606. The van der Waals surface area contributed by atoms with Crippen LogP contribution in [0.1, 0.15) is 50.7 Å². The van der Waals surface area contributed by atoms with Gasteiger partial charge < -0.3 is 10.5 Å². The van der Waals surface area contributed by atoms with Gasteiger partial charge >= 0.3 is 0 Å². The van der Waals surface area contributed by atoms with E-state index in [0.29, 0.717) is 16.9 Å². The highest BCUT2D eigenvalue weighted by atomic mass is 35.5. The van der Waals surface area contributed by atoms with Crippen LogP contribution < -0.4 is 10.5 Å².